The SMILES string of the molecule is BC1(B)OC(=O)c2ccc([C@@H]3CN(C(=O)OC(C)(C)C)C[C@H](C)N3)c(C)c21. The highest BCUT2D eigenvalue weighted by molar-refractivity contribution is 6.41. The Labute approximate surface area is 162 Å². The molecule has 27 heavy (non-hydrogen) atoms. The van der Waals surface area contributed by atoms with Crippen molar-refractivity contribution < 1.29 is 19.1 Å². The van der Waals surface area contributed by atoms with E-state index in [1.165, 1.54) is 0 Å². The number of fused-ring (bicyclic) bond motifs is 1. The van der Waals surface area contributed by atoms with Crippen molar-refractivity contribution in [3.8, 4) is 0 Å². The third kappa shape index (κ3) is 3.86. The van der Waals surface area contributed by atoms with Crippen LogP contribution in [0.4, 0.5) is 4.79 Å². The highest BCUT2D eigenvalue weighted by atomic mass is 16.6. The van der Waals surface area contributed by atoms with Crippen LogP contribution in [0.25, 0.3) is 0 Å². The molecule has 6 nitrogen and oxygen atoms in total. The zero-order valence-electron chi connectivity index (χ0n) is 17.3. The van der Waals surface area contributed by atoms with Gasteiger partial charge in [0.25, 0.3) is 0 Å². The first-order chi connectivity index (χ1) is 12.4. The molecule has 144 valence electrons. The molecular formula is C19H28B2N2O4. The number of esters is 1. The molecule has 0 saturated carbocycles. The van der Waals surface area contributed by atoms with Crippen molar-refractivity contribution in [3.63, 3.8) is 0 Å². The standard InChI is InChI=1S/C19H28B2N2O4/c1-10-8-23(17(25)27-18(3,4)5)9-14(22-10)12-6-7-13-15(11(12)2)19(20,21)26-16(13)24/h6-7,10,14,22H,8-9,20-21H2,1-5H3/t10-,14-/m0/s1. The number of piperazine rings is 1. The topological polar surface area (TPSA) is 67.9 Å². The van der Waals surface area contributed by atoms with Crippen LogP contribution in [0.5, 0.6) is 0 Å². The number of nitrogens with zero attached hydrogens (tertiary/aromatic N) is 1. The Bertz CT molecular complexity index is 789. The number of benzene rings is 1. The van der Waals surface area contributed by atoms with Crippen molar-refractivity contribution in [3.05, 3.63) is 34.4 Å². The summed E-state index contributed by atoms with van der Waals surface area (Å²) in [5.41, 5.74) is 3.17. The normalized spacial score (nSPS) is 24.3. The molecule has 1 aromatic carbocycles. The van der Waals surface area contributed by atoms with Crippen LogP contribution < -0.4 is 5.32 Å². The summed E-state index contributed by atoms with van der Waals surface area (Å²) in [6, 6.07) is 3.92. The van der Waals surface area contributed by atoms with E-state index in [1.54, 1.807) is 4.90 Å². The fraction of sp³-hybridized carbons (Fsp3) is 0.579. The van der Waals surface area contributed by atoms with Gasteiger partial charge in [0.15, 0.2) is 15.7 Å². The van der Waals surface area contributed by atoms with Gasteiger partial charge in [-0.3, -0.25) is 0 Å². The number of hydrogen-bond donors (Lipinski definition) is 1. The van der Waals surface area contributed by atoms with Crippen LogP contribution in [-0.4, -0.2) is 57.4 Å². The third-order valence-electron chi connectivity index (χ3n) is 5.09. The minimum atomic E-state index is -0.641. The van der Waals surface area contributed by atoms with Crippen LogP contribution >= 0.6 is 0 Å². The van der Waals surface area contributed by atoms with E-state index in [0.29, 0.717) is 18.7 Å². The van der Waals surface area contributed by atoms with Crippen LogP contribution in [0, 0.1) is 6.92 Å². The molecule has 1 aromatic rings. The van der Waals surface area contributed by atoms with Gasteiger partial charge in [0.2, 0.25) is 0 Å². The molecule has 2 atom stereocenters. The van der Waals surface area contributed by atoms with Gasteiger partial charge in [0.05, 0.1) is 17.0 Å². The summed E-state index contributed by atoms with van der Waals surface area (Å²) in [5.74, 6) is -0.273. The van der Waals surface area contributed by atoms with Crippen LogP contribution in [0.3, 0.4) is 0 Å². The molecule has 1 fully saturated rings. The molecule has 2 aliphatic heterocycles. The van der Waals surface area contributed by atoms with Crippen LogP contribution in [0.15, 0.2) is 12.1 Å². The van der Waals surface area contributed by atoms with Crippen LogP contribution in [0.2, 0.25) is 0 Å². The maximum Gasteiger partial charge on any atom is 0.410 e. The Morgan fingerprint density at radius 1 is 1.33 bits per heavy atom. The predicted octanol–water partition coefficient (Wildman–Crippen LogP) is 0.812. The van der Waals surface area contributed by atoms with Crippen molar-refractivity contribution in [1.82, 2.24) is 10.2 Å². The molecule has 1 saturated heterocycles. The number of nitrogens with one attached hydrogen (secondary N) is 1. The summed E-state index contributed by atoms with van der Waals surface area (Å²) < 4.78 is 11.1. The lowest BCUT2D eigenvalue weighted by atomic mass is 9.60. The lowest BCUT2D eigenvalue weighted by Crippen LogP contribution is -2.54. The average Bonchev–Trinajstić information content (AvgIpc) is 2.75. The Hall–Kier alpha value is -1.95. The lowest BCUT2D eigenvalue weighted by Gasteiger charge is -2.39. The summed E-state index contributed by atoms with van der Waals surface area (Å²) in [4.78, 5) is 26.5. The fourth-order valence-corrected chi connectivity index (χ4v) is 4.13. The summed E-state index contributed by atoms with van der Waals surface area (Å²) in [5, 5.41) is 2.93. The van der Waals surface area contributed by atoms with Gasteiger partial charge >= 0.3 is 12.1 Å². The summed E-state index contributed by atoms with van der Waals surface area (Å²) in [6.07, 6.45) is -0.293. The highest BCUT2D eigenvalue weighted by Crippen LogP contribution is 2.37. The van der Waals surface area contributed by atoms with Crippen LogP contribution in [-0.2, 0) is 14.9 Å². The predicted molar refractivity (Wildman–Crippen MR) is 109 cm³/mol. The average molecular weight is 370 g/mol. The Morgan fingerprint density at radius 3 is 2.63 bits per heavy atom. The van der Waals surface area contributed by atoms with E-state index in [2.05, 4.69) is 12.2 Å². The summed E-state index contributed by atoms with van der Waals surface area (Å²) in [6.45, 7) is 10.8. The molecule has 1 amide bonds. The van der Waals surface area contributed by atoms with Crippen molar-refractivity contribution >= 4 is 27.8 Å². The van der Waals surface area contributed by atoms with Gasteiger partial charge in [-0.15, -0.1) is 0 Å². The van der Waals surface area contributed by atoms with E-state index in [9.17, 15) is 9.59 Å². The second-order valence-corrected chi connectivity index (χ2v) is 9.11. The van der Waals surface area contributed by atoms with Gasteiger partial charge in [0.1, 0.15) is 5.60 Å². The number of carbonyl (C=O) groups is 2. The van der Waals surface area contributed by atoms with Gasteiger partial charge in [-0.2, -0.15) is 0 Å². The second-order valence-electron chi connectivity index (χ2n) is 9.11. The largest absolute Gasteiger partial charge is 0.470 e. The second kappa shape index (κ2) is 6.59. The number of cyclic esters (lactones) is 1. The van der Waals surface area contributed by atoms with Gasteiger partial charge in [-0.25, -0.2) is 9.59 Å². The first-order valence-corrected chi connectivity index (χ1v) is 9.50. The number of hydrogen-bond acceptors (Lipinski definition) is 5. The Balaban J connectivity index is 1.90. The zero-order chi connectivity index (χ0) is 20.1. The molecule has 0 aliphatic carbocycles. The molecule has 0 bridgehead atoms. The molecule has 0 unspecified atom stereocenters. The molecule has 0 spiro atoms. The van der Waals surface area contributed by atoms with Crippen LogP contribution in [0.1, 0.15) is 60.8 Å². The summed E-state index contributed by atoms with van der Waals surface area (Å²) >= 11 is 0. The zero-order valence-corrected chi connectivity index (χ0v) is 17.3. The van der Waals surface area contributed by atoms with Crippen molar-refractivity contribution in [1.29, 1.82) is 0 Å². The van der Waals surface area contributed by atoms with Gasteiger partial charge in [0, 0.05) is 19.1 Å². The van der Waals surface area contributed by atoms with E-state index in [0.717, 1.165) is 16.7 Å². The van der Waals surface area contributed by atoms with E-state index >= 15 is 0 Å². The van der Waals surface area contributed by atoms with Gasteiger partial charge < -0.3 is 19.7 Å². The van der Waals surface area contributed by atoms with Gasteiger partial charge in [-0.1, -0.05) is 6.07 Å². The van der Waals surface area contributed by atoms with E-state index in [-0.39, 0.29) is 24.1 Å². The Morgan fingerprint density at radius 2 is 2.00 bits per heavy atom. The molecule has 8 heteroatoms. The van der Waals surface area contributed by atoms with E-state index in [4.69, 9.17) is 9.47 Å². The molecular weight excluding hydrogens is 342 g/mol. The minimum absolute atomic E-state index is 0.0296. The van der Waals surface area contributed by atoms with Crippen molar-refractivity contribution in [2.45, 2.75) is 57.7 Å². The van der Waals surface area contributed by atoms with Crippen molar-refractivity contribution in [2.75, 3.05) is 13.1 Å². The number of carbonyl (C=O) groups excluding carboxylic acids is 2. The first-order valence-electron chi connectivity index (χ1n) is 9.50. The molecule has 1 N–H and O–H groups in total. The van der Waals surface area contributed by atoms with E-state index in [1.807, 2.05) is 55.5 Å². The first kappa shape index (κ1) is 19.8. The highest BCUT2D eigenvalue weighted by Gasteiger charge is 2.40. The molecule has 2 heterocycles. The molecule has 0 radical (unpaired) electrons. The van der Waals surface area contributed by atoms with Crippen molar-refractivity contribution in [2.24, 2.45) is 0 Å². The molecule has 3 rings (SSSR count). The molecule has 2 aliphatic rings. The summed E-state index contributed by atoms with van der Waals surface area (Å²) in [7, 11) is 3.83. The monoisotopic (exact) mass is 370 g/mol. The van der Waals surface area contributed by atoms with E-state index < -0.39 is 11.0 Å². The molecule has 0 aromatic heterocycles. The van der Waals surface area contributed by atoms with Gasteiger partial charge in [-0.05, 0) is 57.4 Å². The lowest BCUT2D eigenvalue weighted by molar-refractivity contribution is 0.0158. The Kier molecular flexibility index (Phi) is 4.83. The quantitative estimate of drug-likeness (QED) is 0.586. The number of amides is 1. The smallest absolute Gasteiger partial charge is 0.410 e. The maximum absolute atomic E-state index is 12.6. The number of rotatable bonds is 1. The fourth-order valence-electron chi connectivity index (χ4n) is 4.13. The minimum Gasteiger partial charge on any atom is -0.470 e. The number of ether oxygens (including phenoxy) is 2. The third-order valence-corrected chi connectivity index (χ3v) is 5.09. The maximum atomic E-state index is 12.6.